The summed E-state index contributed by atoms with van der Waals surface area (Å²) in [6.07, 6.45) is 0.724. The molecule has 0 bridgehead atoms. The number of nitrogen functional groups attached to an aromatic ring is 1. The molecule has 0 fully saturated rings. The van der Waals surface area contributed by atoms with Gasteiger partial charge in [-0.15, -0.1) is 5.10 Å². The van der Waals surface area contributed by atoms with Crippen LogP contribution in [0.3, 0.4) is 0 Å². The Morgan fingerprint density at radius 3 is 2.56 bits per heavy atom. The summed E-state index contributed by atoms with van der Waals surface area (Å²) in [6, 6.07) is 11.9. The van der Waals surface area contributed by atoms with Crippen LogP contribution in [0.1, 0.15) is 11.3 Å². The molecule has 0 aliphatic heterocycles. The summed E-state index contributed by atoms with van der Waals surface area (Å²) in [5, 5.41) is 7.95. The van der Waals surface area contributed by atoms with Crippen molar-refractivity contribution < 1.29 is 4.74 Å². The lowest BCUT2D eigenvalue weighted by molar-refractivity contribution is 0.393. The van der Waals surface area contributed by atoms with Crippen LogP contribution in [0.2, 0.25) is 0 Å². The van der Waals surface area contributed by atoms with E-state index in [4.69, 9.17) is 10.5 Å². The Balaban J connectivity index is 2.20. The van der Waals surface area contributed by atoms with Crippen molar-refractivity contribution in [1.82, 2.24) is 10.2 Å². The maximum absolute atomic E-state index is 5.76. The lowest BCUT2D eigenvalue weighted by atomic mass is 10.1. The van der Waals surface area contributed by atoms with Gasteiger partial charge >= 0.3 is 0 Å². The molecule has 0 amide bonds. The van der Waals surface area contributed by atoms with Crippen LogP contribution in [0.25, 0.3) is 0 Å². The summed E-state index contributed by atoms with van der Waals surface area (Å²) in [7, 11) is 1.53. The summed E-state index contributed by atoms with van der Waals surface area (Å²) >= 11 is 0. The van der Waals surface area contributed by atoms with Gasteiger partial charge in [0.25, 0.3) is 5.88 Å². The van der Waals surface area contributed by atoms with E-state index in [1.54, 1.807) is 6.07 Å². The molecule has 2 rings (SSSR count). The van der Waals surface area contributed by atoms with E-state index in [-0.39, 0.29) is 0 Å². The van der Waals surface area contributed by atoms with E-state index in [1.807, 2.05) is 30.3 Å². The van der Waals surface area contributed by atoms with Crippen LogP contribution in [-0.4, -0.2) is 17.3 Å². The highest BCUT2D eigenvalue weighted by Gasteiger charge is 2.04. The van der Waals surface area contributed by atoms with Crippen molar-refractivity contribution in [2.24, 2.45) is 0 Å². The Kier molecular flexibility index (Phi) is 3.00. The first-order chi connectivity index (χ1) is 7.79. The molecule has 2 aromatic rings. The van der Waals surface area contributed by atoms with E-state index < -0.39 is 0 Å². The molecule has 0 saturated carbocycles. The molecule has 0 atom stereocenters. The third-order valence-corrected chi connectivity index (χ3v) is 2.26. The number of benzene rings is 1. The Morgan fingerprint density at radius 1 is 1.19 bits per heavy atom. The second kappa shape index (κ2) is 4.61. The maximum Gasteiger partial charge on any atom is 0.256 e. The van der Waals surface area contributed by atoms with E-state index in [2.05, 4.69) is 10.2 Å². The van der Waals surface area contributed by atoms with Crippen molar-refractivity contribution in [1.29, 1.82) is 0 Å². The van der Waals surface area contributed by atoms with Crippen LogP contribution in [0.4, 0.5) is 5.69 Å². The Labute approximate surface area is 94.1 Å². The average molecular weight is 215 g/mol. The highest BCUT2D eigenvalue weighted by Crippen LogP contribution is 2.17. The lowest BCUT2D eigenvalue weighted by Crippen LogP contribution is -2.01. The van der Waals surface area contributed by atoms with Gasteiger partial charge in [0.05, 0.1) is 18.5 Å². The zero-order chi connectivity index (χ0) is 11.4. The van der Waals surface area contributed by atoms with Gasteiger partial charge in [0.15, 0.2) is 0 Å². The number of nitrogens with zero attached hydrogens (tertiary/aromatic N) is 2. The van der Waals surface area contributed by atoms with Gasteiger partial charge in [0, 0.05) is 6.42 Å². The summed E-state index contributed by atoms with van der Waals surface area (Å²) < 4.78 is 4.95. The van der Waals surface area contributed by atoms with E-state index in [0.717, 1.165) is 12.1 Å². The minimum Gasteiger partial charge on any atom is -0.478 e. The van der Waals surface area contributed by atoms with E-state index in [1.165, 1.54) is 12.7 Å². The standard InChI is InChI=1S/C12H13N3O/c1-16-12-11(13)8-10(14-15-12)7-9-5-3-2-4-6-9/h2-6,8H,7H2,1H3,(H2,13,14). The van der Waals surface area contributed by atoms with Crippen molar-refractivity contribution >= 4 is 5.69 Å². The minimum absolute atomic E-state index is 0.372. The van der Waals surface area contributed by atoms with Gasteiger partial charge in [-0.3, -0.25) is 0 Å². The number of hydrogen-bond acceptors (Lipinski definition) is 4. The fourth-order valence-corrected chi connectivity index (χ4v) is 1.49. The number of methoxy groups -OCH3 is 1. The highest BCUT2D eigenvalue weighted by atomic mass is 16.5. The largest absolute Gasteiger partial charge is 0.478 e. The Hall–Kier alpha value is -2.10. The van der Waals surface area contributed by atoms with Crippen molar-refractivity contribution in [2.45, 2.75) is 6.42 Å². The van der Waals surface area contributed by atoms with Gasteiger partial charge in [-0.1, -0.05) is 30.3 Å². The molecule has 1 heterocycles. The molecular weight excluding hydrogens is 202 g/mol. The number of rotatable bonds is 3. The molecule has 4 nitrogen and oxygen atoms in total. The molecule has 4 heteroatoms. The highest BCUT2D eigenvalue weighted by molar-refractivity contribution is 5.48. The third-order valence-electron chi connectivity index (χ3n) is 2.26. The van der Waals surface area contributed by atoms with Gasteiger partial charge in [-0.05, 0) is 11.6 Å². The number of anilines is 1. The molecule has 0 radical (unpaired) electrons. The summed E-state index contributed by atoms with van der Waals surface area (Å²) in [4.78, 5) is 0. The zero-order valence-electron chi connectivity index (χ0n) is 9.05. The molecule has 0 aliphatic carbocycles. The van der Waals surface area contributed by atoms with Gasteiger partial charge in [0.2, 0.25) is 0 Å². The van der Waals surface area contributed by atoms with Crippen molar-refractivity contribution in [3.63, 3.8) is 0 Å². The van der Waals surface area contributed by atoms with Crippen LogP contribution in [0, 0.1) is 0 Å². The second-order valence-corrected chi connectivity index (χ2v) is 3.46. The normalized spacial score (nSPS) is 10.1. The Morgan fingerprint density at radius 2 is 1.94 bits per heavy atom. The molecule has 1 aromatic heterocycles. The van der Waals surface area contributed by atoms with Gasteiger partial charge in [-0.2, -0.15) is 5.10 Å². The number of ether oxygens (including phenoxy) is 1. The fourth-order valence-electron chi connectivity index (χ4n) is 1.49. The molecular formula is C12H13N3O. The minimum atomic E-state index is 0.372. The molecule has 0 aliphatic rings. The smallest absolute Gasteiger partial charge is 0.256 e. The molecule has 0 spiro atoms. The zero-order valence-corrected chi connectivity index (χ0v) is 9.05. The first-order valence-corrected chi connectivity index (χ1v) is 4.99. The van der Waals surface area contributed by atoms with Gasteiger partial charge in [0.1, 0.15) is 0 Å². The predicted octanol–water partition coefficient (Wildman–Crippen LogP) is 1.66. The average Bonchev–Trinajstić information content (AvgIpc) is 2.31. The van der Waals surface area contributed by atoms with E-state index in [9.17, 15) is 0 Å². The van der Waals surface area contributed by atoms with E-state index >= 15 is 0 Å². The first-order valence-electron chi connectivity index (χ1n) is 4.99. The quantitative estimate of drug-likeness (QED) is 0.845. The predicted molar refractivity (Wildman–Crippen MR) is 62.2 cm³/mol. The van der Waals surface area contributed by atoms with Crippen molar-refractivity contribution in [2.75, 3.05) is 12.8 Å². The summed E-state index contributed by atoms with van der Waals surface area (Å²) in [6.45, 7) is 0. The third kappa shape index (κ3) is 2.28. The molecule has 0 saturated heterocycles. The topological polar surface area (TPSA) is 61.0 Å². The number of aromatic nitrogens is 2. The van der Waals surface area contributed by atoms with E-state index in [0.29, 0.717) is 11.6 Å². The first kappa shape index (κ1) is 10.4. The fraction of sp³-hybridized carbons (Fsp3) is 0.167. The van der Waals surface area contributed by atoms with Crippen LogP contribution in [-0.2, 0) is 6.42 Å². The number of hydrogen-bond donors (Lipinski definition) is 1. The van der Waals surface area contributed by atoms with Crippen LogP contribution < -0.4 is 10.5 Å². The second-order valence-electron chi connectivity index (χ2n) is 3.46. The molecule has 1 aromatic carbocycles. The monoisotopic (exact) mass is 215 g/mol. The maximum atomic E-state index is 5.76. The number of nitrogens with two attached hydrogens (primary N) is 1. The van der Waals surface area contributed by atoms with Crippen molar-refractivity contribution in [3.8, 4) is 5.88 Å². The van der Waals surface area contributed by atoms with Crippen LogP contribution >= 0.6 is 0 Å². The molecule has 82 valence electrons. The summed E-state index contributed by atoms with van der Waals surface area (Å²) in [5.41, 5.74) is 8.29. The molecule has 0 unspecified atom stereocenters. The molecule has 2 N–H and O–H groups in total. The Bertz CT molecular complexity index is 471. The summed E-state index contributed by atoms with van der Waals surface area (Å²) in [5.74, 6) is 0.372. The SMILES string of the molecule is COc1nnc(Cc2ccccc2)cc1N. The lowest BCUT2D eigenvalue weighted by Gasteiger charge is -2.04. The van der Waals surface area contributed by atoms with Crippen LogP contribution in [0.15, 0.2) is 36.4 Å². The van der Waals surface area contributed by atoms with Crippen LogP contribution in [0.5, 0.6) is 5.88 Å². The van der Waals surface area contributed by atoms with Gasteiger partial charge in [-0.25, -0.2) is 0 Å². The van der Waals surface area contributed by atoms with Crippen molar-refractivity contribution in [3.05, 3.63) is 47.7 Å². The van der Waals surface area contributed by atoms with Gasteiger partial charge < -0.3 is 10.5 Å². The molecule has 16 heavy (non-hydrogen) atoms.